The molecule has 0 saturated heterocycles. The molecular weight excluding hydrogens is 1370 g/mol. The van der Waals surface area contributed by atoms with Crippen LogP contribution in [0.4, 0.5) is 105 Å². The van der Waals surface area contributed by atoms with Gasteiger partial charge in [0.1, 0.15) is 5.82 Å². The summed E-state index contributed by atoms with van der Waals surface area (Å²) in [7, 11) is 0. The minimum atomic E-state index is -8.71. The SMILES string of the molecule is Fc1c(F)c(F)c2c(ccc3cccc(F)c32)c1C1(F)C2(F)C3C(F)(C(F)(F)C(F)(c4cccc5ccccc45)C4(F)C(F)(F)C(F)(F)C(F)(F)C(F)(C1(F)C1C=Cc5ccccc51)C34c1cccc3cc4ccccc4cc13)C(F)(c1cccc3c1Cc1ccccc1-3)C(F)(F)C2(F)F. The van der Waals surface area contributed by atoms with Gasteiger partial charge >= 0.3 is 35.5 Å². The van der Waals surface area contributed by atoms with E-state index in [0.717, 1.165) is 66.7 Å². The Morgan fingerprint density at radius 3 is 1.60 bits per heavy atom. The molecule has 6 aliphatic carbocycles. The zero-order chi connectivity index (χ0) is 71.3. The number of alkyl halides is 20. The fourth-order valence-electron chi connectivity index (χ4n) is 19.0. The van der Waals surface area contributed by atoms with Crippen LogP contribution in [0.5, 0.6) is 0 Å². The first-order valence-electron chi connectivity index (χ1n) is 30.7. The van der Waals surface area contributed by atoms with Crippen molar-refractivity contribution in [2.45, 2.75) is 98.6 Å². The van der Waals surface area contributed by atoms with Crippen LogP contribution < -0.4 is 0 Å². The highest BCUT2D eigenvalue weighted by molar-refractivity contribution is 6.10. The molecular formula is C76H38F24. The van der Waals surface area contributed by atoms with Gasteiger partial charge in [-0.05, 0) is 107 Å². The zero-order valence-corrected chi connectivity index (χ0v) is 50.1. The van der Waals surface area contributed by atoms with Crippen LogP contribution in [-0.4, -0.2) is 63.9 Å². The lowest BCUT2D eigenvalue weighted by Gasteiger charge is -2.82. The Balaban J connectivity index is 1.23. The lowest BCUT2D eigenvalue weighted by Crippen LogP contribution is -3.07. The Morgan fingerprint density at radius 2 is 0.880 bits per heavy atom. The van der Waals surface area contributed by atoms with Crippen molar-refractivity contribution in [2.75, 3.05) is 0 Å². The monoisotopic (exact) mass is 1410 g/mol. The largest absolute Gasteiger partial charge is 0.378 e. The molecule has 11 aromatic carbocycles. The van der Waals surface area contributed by atoms with Gasteiger partial charge in [-0.25, -0.2) is 52.7 Å². The molecule has 24 heteroatoms. The van der Waals surface area contributed by atoms with E-state index < -0.39 is 227 Å². The molecule has 0 heterocycles. The van der Waals surface area contributed by atoms with Gasteiger partial charge in [0.25, 0.3) is 0 Å². The maximum Gasteiger partial charge on any atom is 0.378 e. The summed E-state index contributed by atoms with van der Waals surface area (Å²) < 4.78 is 485. The molecule has 0 spiro atoms. The van der Waals surface area contributed by atoms with Gasteiger partial charge in [0.2, 0.25) is 45.4 Å². The first kappa shape index (κ1) is 64.2. The van der Waals surface area contributed by atoms with Crippen LogP contribution in [0.3, 0.4) is 0 Å². The highest BCUT2D eigenvalue weighted by Gasteiger charge is 3.19. The van der Waals surface area contributed by atoms with Gasteiger partial charge in [0.05, 0.1) is 11.3 Å². The standard InChI is InChI=1S/C76H38F24/c77-54-28-11-19-38-29-31-47-56(55(38)54)58(78)60(80)59(79)57(47)66(84)63(81,53-32-30-37-14-4-8-23-45(37)53)69(87)62(50-25-10-20-41-33-39-15-1-2-16-40(39)34-48(41)50)61-67(85,64(82,72(91,92)73(93,94)68(61,66)86)52-27-12-24-46-43-21-6-5-17-42(43)35-49(46)52)71(89,90)65(83,51-26-9-18-36-13-3-7-22-44(36)51)70(62,88)75(97,98)76(99,100)74(69,95)96/h1-34,53,61H,35H2. The van der Waals surface area contributed by atoms with Crippen molar-refractivity contribution in [1.82, 2.24) is 0 Å². The number of allylic oxidation sites excluding steroid dienone is 1. The van der Waals surface area contributed by atoms with Crippen molar-refractivity contribution in [3.8, 4) is 11.1 Å². The molecule has 4 saturated carbocycles. The van der Waals surface area contributed by atoms with Crippen molar-refractivity contribution in [2.24, 2.45) is 5.92 Å². The summed E-state index contributed by atoms with van der Waals surface area (Å²) in [5.41, 5.74) is -90.3. The number of rotatable bonds is 5. The van der Waals surface area contributed by atoms with E-state index >= 15 is 105 Å². The normalized spacial score (nSPS) is 33.4. The molecule has 17 rings (SSSR count). The van der Waals surface area contributed by atoms with Crippen LogP contribution in [0.25, 0.3) is 71.1 Å². The van der Waals surface area contributed by atoms with E-state index in [1.807, 2.05) is 0 Å². The maximum atomic E-state index is 22.9. The number of hydrogen-bond acceptors (Lipinski definition) is 0. The van der Waals surface area contributed by atoms with Gasteiger partial charge < -0.3 is 0 Å². The summed E-state index contributed by atoms with van der Waals surface area (Å²) in [4.78, 5) is 0. The summed E-state index contributed by atoms with van der Waals surface area (Å²) in [6.45, 7) is 0. The average Bonchev–Trinajstić information content (AvgIpc) is 0.622. The lowest BCUT2D eigenvalue weighted by molar-refractivity contribution is -0.560. The van der Waals surface area contributed by atoms with Gasteiger partial charge in [0, 0.05) is 33.4 Å². The summed E-state index contributed by atoms with van der Waals surface area (Å²) in [6, 6.07) is 18.4. The fourth-order valence-corrected chi connectivity index (χ4v) is 19.0. The van der Waals surface area contributed by atoms with Crippen molar-refractivity contribution in [3.63, 3.8) is 0 Å². The Bertz CT molecular complexity index is 5530. The third-order valence-electron chi connectivity index (χ3n) is 22.8. The molecule has 0 N–H and O–H groups in total. The molecule has 6 aliphatic rings. The molecule has 0 nitrogen and oxygen atoms in total. The second-order valence-electron chi connectivity index (χ2n) is 26.6. The quantitative estimate of drug-likeness (QED) is 0.0697. The Morgan fingerprint density at radius 1 is 0.330 bits per heavy atom. The molecule has 11 aromatic rings. The van der Waals surface area contributed by atoms with Gasteiger partial charge in [-0.2, -0.15) is 52.7 Å². The van der Waals surface area contributed by atoms with Crippen LogP contribution in [0.15, 0.2) is 200 Å². The summed E-state index contributed by atoms with van der Waals surface area (Å²) in [5.74, 6) is -75.6. The highest BCUT2D eigenvalue weighted by Crippen LogP contribution is 2.95. The molecule has 510 valence electrons. The van der Waals surface area contributed by atoms with Crippen LogP contribution >= 0.6 is 0 Å². The van der Waals surface area contributed by atoms with Crippen LogP contribution in [-0.2, 0) is 28.8 Å². The number of halogens is 24. The predicted molar refractivity (Wildman–Crippen MR) is 322 cm³/mol. The summed E-state index contributed by atoms with van der Waals surface area (Å²) in [6.07, 6.45) is -1.31. The van der Waals surface area contributed by atoms with E-state index in [9.17, 15) is 0 Å². The number of hydrogen-bond donors (Lipinski definition) is 0. The smallest absolute Gasteiger partial charge is 0.235 e. The molecule has 11 unspecified atom stereocenters. The first-order valence-corrected chi connectivity index (χ1v) is 30.7. The third kappa shape index (κ3) is 6.03. The van der Waals surface area contributed by atoms with Crippen LogP contribution in [0, 0.1) is 29.2 Å². The minimum Gasteiger partial charge on any atom is -0.235 e. The van der Waals surface area contributed by atoms with Gasteiger partial charge in [-0.1, -0.05) is 188 Å². The molecule has 4 fully saturated rings. The molecule has 0 aromatic heterocycles. The van der Waals surface area contributed by atoms with Crippen LogP contribution in [0.1, 0.15) is 50.4 Å². The Hall–Kier alpha value is -9.22. The summed E-state index contributed by atoms with van der Waals surface area (Å²) in [5, 5.41) is -13.4. The average molecular weight is 1410 g/mol. The van der Waals surface area contributed by atoms with Gasteiger partial charge in [-0.3, -0.25) is 0 Å². The molecule has 0 amide bonds. The van der Waals surface area contributed by atoms with Crippen LogP contribution in [0.2, 0.25) is 0 Å². The topological polar surface area (TPSA) is 0 Å². The van der Waals surface area contributed by atoms with Crippen molar-refractivity contribution >= 4 is 59.9 Å². The maximum absolute atomic E-state index is 22.9. The third-order valence-corrected chi connectivity index (χ3v) is 22.8. The lowest BCUT2D eigenvalue weighted by atomic mass is 9.23. The van der Waals surface area contributed by atoms with E-state index in [1.54, 1.807) is 0 Å². The highest BCUT2D eigenvalue weighted by atomic mass is 19.4. The first-order chi connectivity index (χ1) is 46.9. The van der Waals surface area contributed by atoms with E-state index in [2.05, 4.69) is 0 Å². The van der Waals surface area contributed by atoms with Crippen molar-refractivity contribution in [3.05, 3.63) is 268 Å². The van der Waals surface area contributed by atoms with E-state index in [4.69, 9.17) is 0 Å². The molecule has 0 aliphatic heterocycles. The zero-order valence-electron chi connectivity index (χ0n) is 50.1. The predicted octanol–water partition coefficient (Wildman–Crippen LogP) is 22.2. The minimum absolute atomic E-state index is 0.159. The summed E-state index contributed by atoms with van der Waals surface area (Å²) >= 11 is 0. The van der Waals surface area contributed by atoms with E-state index in [0.29, 0.717) is 60.7 Å². The second-order valence-corrected chi connectivity index (χ2v) is 26.6. The van der Waals surface area contributed by atoms with Crippen molar-refractivity contribution < 1.29 is 105 Å². The second kappa shape index (κ2) is 18.8. The molecule has 0 bridgehead atoms. The molecule has 0 radical (unpaired) electrons. The molecule has 100 heavy (non-hydrogen) atoms. The fraction of sp³-hybridized carbons (Fsp3) is 0.237. The Kier molecular flexibility index (Phi) is 12.1. The van der Waals surface area contributed by atoms with Gasteiger partial charge in [-0.15, -0.1) is 0 Å². The number of fused-ring (bicyclic) bond motifs is 10. The number of benzene rings is 11. The Labute approximate surface area is 547 Å². The van der Waals surface area contributed by atoms with Crippen molar-refractivity contribution in [1.29, 1.82) is 0 Å². The van der Waals surface area contributed by atoms with E-state index in [1.165, 1.54) is 18.2 Å². The van der Waals surface area contributed by atoms with Gasteiger partial charge in [0.15, 0.2) is 17.5 Å². The molecule has 11 atom stereocenters. The van der Waals surface area contributed by atoms with E-state index in [-0.39, 0.29) is 71.1 Å².